The van der Waals surface area contributed by atoms with Crippen LogP contribution < -0.4 is 0 Å². The molecule has 0 heterocycles. The van der Waals surface area contributed by atoms with Crippen LogP contribution in [-0.2, 0) is 0 Å². The third-order valence-corrected chi connectivity index (χ3v) is 0.299. The van der Waals surface area contributed by atoms with E-state index in [2.05, 4.69) is 11.6 Å². The molecule has 0 aliphatic carbocycles. The fraction of sp³-hybridized carbons (Fsp3) is 0.250. The summed E-state index contributed by atoms with van der Waals surface area (Å²) in [5.74, 6) is 0. The highest BCUT2D eigenvalue weighted by Gasteiger charge is 1.56. The van der Waals surface area contributed by atoms with E-state index in [0.717, 1.165) is 0 Å². The van der Waals surface area contributed by atoms with Gasteiger partial charge in [0.1, 0.15) is 0 Å². The Kier molecular flexibility index (Phi) is 3.52. The third kappa shape index (κ3) is 3.12. The number of nitrogens with zero attached hydrogens (tertiary/aromatic N) is 1. The van der Waals surface area contributed by atoms with Crippen molar-refractivity contribution in [2.75, 3.05) is 6.54 Å². The average Bonchev–Trinajstić information content (AvgIpc) is 1.61. The normalized spacial score (nSPS) is 6.00. The highest BCUT2D eigenvalue weighted by molar-refractivity contribution is 5.35. The monoisotopic (exact) mass is 82.1 g/mol. The van der Waals surface area contributed by atoms with Crippen molar-refractivity contribution in [3.63, 3.8) is 0 Å². The van der Waals surface area contributed by atoms with Gasteiger partial charge in [0.25, 0.3) is 0 Å². The molecule has 0 aliphatic rings. The van der Waals surface area contributed by atoms with Gasteiger partial charge in [-0.3, -0.25) is 0 Å². The molecule has 0 saturated carbocycles. The Balaban J connectivity index is 3.07. The minimum atomic E-state index is 0.503. The van der Waals surface area contributed by atoms with E-state index >= 15 is 0 Å². The average molecular weight is 82.1 g/mol. The van der Waals surface area contributed by atoms with Gasteiger partial charge >= 0.3 is 0 Å². The van der Waals surface area contributed by atoms with E-state index in [1.165, 1.54) is 0 Å². The van der Waals surface area contributed by atoms with Crippen molar-refractivity contribution >= 4 is 6.01 Å². The summed E-state index contributed by atoms with van der Waals surface area (Å²) >= 11 is 0. The van der Waals surface area contributed by atoms with E-state index in [-0.39, 0.29) is 0 Å². The lowest BCUT2D eigenvalue weighted by Crippen LogP contribution is -1.62. The molecule has 0 fully saturated rings. The lowest BCUT2D eigenvalue weighted by atomic mass is 10.7. The van der Waals surface area contributed by atoms with Crippen molar-refractivity contribution in [3.8, 4) is 0 Å². The second-order valence-electron chi connectivity index (χ2n) is 0.741. The second kappa shape index (κ2) is 4.12. The van der Waals surface area contributed by atoms with E-state index in [0.29, 0.717) is 6.54 Å². The fourth-order valence-electron chi connectivity index (χ4n) is 0.110. The maximum Gasteiger partial charge on any atom is 0.0865 e. The smallest absolute Gasteiger partial charge is 0.0865 e. The predicted molar refractivity (Wildman–Crippen MR) is 25.2 cm³/mol. The summed E-state index contributed by atoms with van der Waals surface area (Å²) in [5, 5.41) is 6.24. The van der Waals surface area contributed by atoms with Crippen LogP contribution in [0.25, 0.3) is 0 Å². The molecule has 32 valence electrons. The first-order valence-corrected chi connectivity index (χ1v) is 1.61. The molecule has 0 unspecified atom stereocenters. The standard InChI is InChI=1S/C4H6N2/c1-2-3-6-4-5/h2,5H,1,3H2. The first-order valence-electron chi connectivity index (χ1n) is 1.61. The Bertz CT molecular complexity index is 79.5. The Hall–Kier alpha value is -0.880. The van der Waals surface area contributed by atoms with Gasteiger partial charge in [-0.25, -0.2) is 10.4 Å². The topological polar surface area (TPSA) is 36.2 Å². The van der Waals surface area contributed by atoms with Gasteiger partial charge in [-0.1, -0.05) is 6.08 Å². The van der Waals surface area contributed by atoms with Crippen LogP contribution in [0.2, 0.25) is 0 Å². The molecule has 0 atom stereocenters. The molecule has 0 radical (unpaired) electrons. The number of nitrogens with one attached hydrogen (secondary N) is 1. The number of hydrogen-bond donors (Lipinski definition) is 1. The zero-order valence-corrected chi connectivity index (χ0v) is 3.44. The number of rotatable bonds is 2. The van der Waals surface area contributed by atoms with Crippen LogP contribution in [0.3, 0.4) is 0 Å². The van der Waals surface area contributed by atoms with Gasteiger partial charge in [0.2, 0.25) is 0 Å². The zero-order chi connectivity index (χ0) is 4.83. The second-order valence-corrected chi connectivity index (χ2v) is 0.741. The molecule has 0 saturated heterocycles. The van der Waals surface area contributed by atoms with Crippen molar-refractivity contribution in [2.45, 2.75) is 0 Å². The molecular weight excluding hydrogens is 76.1 g/mol. The predicted octanol–water partition coefficient (Wildman–Crippen LogP) is 0.925. The third-order valence-electron chi connectivity index (χ3n) is 0.299. The maximum absolute atomic E-state index is 6.24. The van der Waals surface area contributed by atoms with Gasteiger partial charge in [0, 0.05) is 0 Å². The highest BCUT2D eigenvalue weighted by atomic mass is 14.7. The van der Waals surface area contributed by atoms with Crippen LogP contribution in [0.1, 0.15) is 0 Å². The van der Waals surface area contributed by atoms with Crippen LogP contribution in [0, 0.1) is 5.41 Å². The summed E-state index contributed by atoms with van der Waals surface area (Å²) in [4.78, 5) is 3.39. The van der Waals surface area contributed by atoms with Crippen LogP contribution in [0.5, 0.6) is 0 Å². The van der Waals surface area contributed by atoms with E-state index in [9.17, 15) is 0 Å². The Morgan fingerprint density at radius 3 is 2.83 bits per heavy atom. The van der Waals surface area contributed by atoms with Crippen LogP contribution >= 0.6 is 0 Å². The minimum Gasteiger partial charge on any atom is -0.242 e. The summed E-state index contributed by atoms with van der Waals surface area (Å²) in [6, 6.07) is 1.87. The first-order chi connectivity index (χ1) is 2.91. The van der Waals surface area contributed by atoms with Crippen LogP contribution in [0.15, 0.2) is 17.6 Å². The molecule has 0 bridgehead atoms. The molecule has 2 nitrogen and oxygen atoms in total. The Labute approximate surface area is 36.7 Å². The number of hydrogen-bond acceptors (Lipinski definition) is 2. The van der Waals surface area contributed by atoms with E-state index < -0.39 is 0 Å². The number of aliphatic imine (C=N–C) groups is 1. The molecule has 0 aromatic heterocycles. The summed E-state index contributed by atoms with van der Waals surface area (Å²) in [6.45, 7) is 3.88. The van der Waals surface area contributed by atoms with Crippen molar-refractivity contribution in [1.82, 2.24) is 0 Å². The Morgan fingerprint density at radius 2 is 2.67 bits per heavy atom. The summed E-state index contributed by atoms with van der Waals surface area (Å²) < 4.78 is 0. The summed E-state index contributed by atoms with van der Waals surface area (Å²) in [5.41, 5.74) is 0. The van der Waals surface area contributed by atoms with E-state index in [4.69, 9.17) is 5.41 Å². The molecule has 6 heavy (non-hydrogen) atoms. The van der Waals surface area contributed by atoms with E-state index in [1.807, 2.05) is 6.01 Å². The van der Waals surface area contributed by atoms with Crippen LogP contribution in [-0.4, -0.2) is 12.6 Å². The molecule has 0 aliphatic heterocycles. The maximum atomic E-state index is 6.24. The van der Waals surface area contributed by atoms with Crippen LogP contribution in [0.4, 0.5) is 0 Å². The van der Waals surface area contributed by atoms with Crippen molar-refractivity contribution in [3.05, 3.63) is 12.7 Å². The lowest BCUT2D eigenvalue weighted by molar-refractivity contribution is 1.26. The molecular formula is C4H6N2. The van der Waals surface area contributed by atoms with Gasteiger partial charge in [-0.2, -0.15) is 0 Å². The molecule has 1 N–H and O–H groups in total. The SMILES string of the molecule is C=CCN=C=N. The van der Waals surface area contributed by atoms with E-state index in [1.54, 1.807) is 6.08 Å². The largest absolute Gasteiger partial charge is 0.242 e. The molecule has 0 spiro atoms. The Morgan fingerprint density at radius 1 is 2.00 bits per heavy atom. The quantitative estimate of drug-likeness (QED) is 0.380. The molecule has 0 amide bonds. The fourth-order valence-corrected chi connectivity index (χ4v) is 0.110. The van der Waals surface area contributed by atoms with Gasteiger partial charge in [-0.05, 0) is 0 Å². The van der Waals surface area contributed by atoms with Crippen molar-refractivity contribution in [1.29, 1.82) is 5.41 Å². The molecule has 0 aromatic rings. The van der Waals surface area contributed by atoms with Gasteiger partial charge < -0.3 is 0 Å². The van der Waals surface area contributed by atoms with Crippen molar-refractivity contribution < 1.29 is 0 Å². The van der Waals surface area contributed by atoms with Gasteiger partial charge in [-0.15, -0.1) is 6.58 Å². The van der Waals surface area contributed by atoms with Gasteiger partial charge in [0.05, 0.1) is 12.6 Å². The lowest BCUT2D eigenvalue weighted by Gasteiger charge is -1.65. The zero-order valence-electron chi connectivity index (χ0n) is 3.44. The highest BCUT2D eigenvalue weighted by Crippen LogP contribution is 1.61. The minimum absolute atomic E-state index is 0.503. The molecule has 0 aromatic carbocycles. The molecule has 0 rings (SSSR count). The van der Waals surface area contributed by atoms with Crippen molar-refractivity contribution in [2.24, 2.45) is 4.99 Å². The van der Waals surface area contributed by atoms with Gasteiger partial charge in [0.15, 0.2) is 0 Å². The summed E-state index contributed by atoms with van der Waals surface area (Å²) in [7, 11) is 0. The first kappa shape index (κ1) is 5.12. The molecule has 2 heteroatoms. The summed E-state index contributed by atoms with van der Waals surface area (Å²) in [6.07, 6.45) is 1.61.